The molecule has 0 atom stereocenters. The average Bonchev–Trinajstić information content (AvgIpc) is 3.30. The van der Waals surface area contributed by atoms with E-state index in [-0.39, 0.29) is 12.1 Å². The highest BCUT2D eigenvalue weighted by Crippen LogP contribution is 2.18. The Morgan fingerprint density at radius 3 is 1.69 bits per heavy atom. The molecule has 0 aromatic carbocycles. The molecule has 0 aliphatic carbocycles. The van der Waals surface area contributed by atoms with Crippen molar-refractivity contribution in [1.82, 2.24) is 4.90 Å². The van der Waals surface area contributed by atoms with Crippen molar-refractivity contribution in [2.45, 2.75) is 135 Å². The van der Waals surface area contributed by atoms with Crippen molar-refractivity contribution in [3.05, 3.63) is 0 Å². The highest BCUT2D eigenvalue weighted by atomic mass is 16.5. The Bertz CT molecular complexity index is 440. The molecule has 0 bridgehead atoms. The fourth-order valence-electron chi connectivity index (χ4n) is 4.61. The first kappa shape index (κ1) is 28.8. The summed E-state index contributed by atoms with van der Waals surface area (Å²) in [6.07, 6.45) is 25.6. The Morgan fingerprint density at radius 1 is 0.719 bits per heavy atom. The lowest BCUT2D eigenvalue weighted by atomic mass is 10.0. The molecule has 0 aromatic heterocycles. The third-order valence-electron chi connectivity index (χ3n) is 6.60. The molecule has 5 heteroatoms. The Kier molecular flexibility index (Phi) is 19.4. The minimum absolute atomic E-state index is 0.00693. The monoisotopic (exact) mass is 449 g/mol. The van der Waals surface area contributed by atoms with Crippen molar-refractivity contribution in [2.24, 2.45) is 0 Å². The molecule has 0 aromatic rings. The van der Waals surface area contributed by atoms with Crippen LogP contribution in [0.2, 0.25) is 0 Å². The molecule has 1 rings (SSSR count). The third-order valence-corrected chi connectivity index (χ3v) is 6.60. The summed E-state index contributed by atoms with van der Waals surface area (Å²) in [4.78, 5) is 14.9. The Labute approximate surface area is 198 Å². The van der Waals surface area contributed by atoms with Crippen molar-refractivity contribution in [3.63, 3.8) is 0 Å². The molecule has 0 radical (unpaired) electrons. The second-order valence-electron chi connectivity index (χ2n) is 9.57. The largest absolute Gasteiger partial charge is 0.462 e. The molecule has 2 N–H and O–H groups in total. The number of nitrogens with one attached hydrogen (secondary N) is 2. The lowest BCUT2D eigenvalue weighted by molar-refractivity contribution is -0.150. The van der Waals surface area contributed by atoms with E-state index in [1.807, 2.05) is 0 Å². The van der Waals surface area contributed by atoms with Gasteiger partial charge in [-0.2, -0.15) is 0 Å². The zero-order valence-electron chi connectivity index (χ0n) is 20.8. The standard InChI is InChI=1S/C27H51N3O2/c28-21-13-9-5-1-3-7-11-18-26(19-12-8-4-2-6-10-14-22-29)32-27(31)20-17-25-30-23-15-16-24-30/h21-22,26,28-29H,1-20,23-25H2. The SMILES string of the molecule is N=CCCCCCCCCC(CCCCCCCCC=N)OC(=O)CCCN1CCCC1. The lowest BCUT2D eigenvalue weighted by Gasteiger charge is -2.19. The maximum atomic E-state index is 12.4. The summed E-state index contributed by atoms with van der Waals surface area (Å²) < 4.78 is 5.93. The number of unbranched alkanes of at least 4 members (excludes halogenated alkanes) is 12. The number of nitrogens with zero attached hydrogens (tertiary/aromatic N) is 1. The van der Waals surface area contributed by atoms with Crippen LogP contribution < -0.4 is 0 Å². The van der Waals surface area contributed by atoms with Gasteiger partial charge in [-0.1, -0.05) is 51.4 Å². The second-order valence-corrected chi connectivity index (χ2v) is 9.57. The first-order valence-corrected chi connectivity index (χ1v) is 13.7. The summed E-state index contributed by atoms with van der Waals surface area (Å²) in [5, 5.41) is 14.2. The minimum Gasteiger partial charge on any atom is -0.462 e. The molecule has 1 aliphatic rings. The normalized spacial score (nSPS) is 15.0. The van der Waals surface area contributed by atoms with Crippen molar-refractivity contribution < 1.29 is 9.53 Å². The van der Waals surface area contributed by atoms with Gasteiger partial charge in [0.05, 0.1) is 0 Å². The van der Waals surface area contributed by atoms with Crippen LogP contribution in [-0.4, -0.2) is 49.0 Å². The summed E-state index contributed by atoms with van der Waals surface area (Å²) in [5.74, 6) is 0.00693. The number of esters is 1. The predicted octanol–water partition coefficient (Wildman–Crippen LogP) is 7.31. The Balaban J connectivity index is 2.19. The van der Waals surface area contributed by atoms with E-state index in [0.29, 0.717) is 6.42 Å². The topological polar surface area (TPSA) is 77.2 Å². The second kappa shape index (κ2) is 21.6. The van der Waals surface area contributed by atoms with E-state index in [0.717, 1.165) is 64.3 Å². The van der Waals surface area contributed by atoms with Gasteiger partial charge in [-0.25, -0.2) is 0 Å². The van der Waals surface area contributed by atoms with E-state index in [1.54, 1.807) is 0 Å². The average molecular weight is 450 g/mol. The minimum atomic E-state index is 0.00693. The summed E-state index contributed by atoms with van der Waals surface area (Å²) in [5.41, 5.74) is 0. The molecule has 32 heavy (non-hydrogen) atoms. The predicted molar refractivity (Wildman–Crippen MR) is 136 cm³/mol. The van der Waals surface area contributed by atoms with Crippen LogP contribution in [0.1, 0.15) is 128 Å². The van der Waals surface area contributed by atoms with Crippen LogP contribution in [0.3, 0.4) is 0 Å². The van der Waals surface area contributed by atoms with Gasteiger partial charge in [-0.05, 0) is 103 Å². The van der Waals surface area contributed by atoms with Crippen molar-refractivity contribution >= 4 is 18.4 Å². The van der Waals surface area contributed by atoms with Crippen LogP contribution >= 0.6 is 0 Å². The Hall–Kier alpha value is -1.23. The summed E-state index contributed by atoms with van der Waals surface area (Å²) >= 11 is 0. The van der Waals surface area contributed by atoms with Crippen LogP contribution in [0.15, 0.2) is 0 Å². The highest BCUT2D eigenvalue weighted by Gasteiger charge is 2.16. The first-order chi connectivity index (χ1) is 15.8. The molecule has 5 nitrogen and oxygen atoms in total. The maximum Gasteiger partial charge on any atom is 0.306 e. The number of rotatable bonds is 23. The Morgan fingerprint density at radius 2 is 1.19 bits per heavy atom. The zero-order valence-corrected chi connectivity index (χ0v) is 20.8. The van der Waals surface area contributed by atoms with E-state index in [2.05, 4.69) is 4.90 Å². The molecule has 186 valence electrons. The lowest BCUT2D eigenvalue weighted by Crippen LogP contribution is -2.23. The van der Waals surface area contributed by atoms with Crippen LogP contribution in [0.4, 0.5) is 0 Å². The fraction of sp³-hybridized carbons (Fsp3) is 0.889. The molecule has 1 heterocycles. The van der Waals surface area contributed by atoms with E-state index in [4.69, 9.17) is 15.6 Å². The van der Waals surface area contributed by atoms with Gasteiger partial charge in [0, 0.05) is 6.42 Å². The van der Waals surface area contributed by atoms with Crippen molar-refractivity contribution in [3.8, 4) is 0 Å². The van der Waals surface area contributed by atoms with Gasteiger partial charge >= 0.3 is 5.97 Å². The van der Waals surface area contributed by atoms with Gasteiger partial charge in [-0.15, -0.1) is 0 Å². The summed E-state index contributed by atoms with van der Waals surface area (Å²) in [6, 6.07) is 0. The molecular formula is C27H51N3O2. The van der Waals surface area contributed by atoms with Gasteiger partial charge in [0.25, 0.3) is 0 Å². The van der Waals surface area contributed by atoms with E-state index in [1.165, 1.54) is 89.7 Å². The number of carbonyl (C=O) groups excluding carboxylic acids is 1. The maximum absolute atomic E-state index is 12.4. The first-order valence-electron chi connectivity index (χ1n) is 13.7. The van der Waals surface area contributed by atoms with Gasteiger partial charge in [0.15, 0.2) is 0 Å². The number of likely N-dealkylation sites (tertiary alicyclic amines) is 1. The molecule has 1 aliphatic heterocycles. The molecule has 0 amide bonds. The van der Waals surface area contributed by atoms with E-state index >= 15 is 0 Å². The van der Waals surface area contributed by atoms with Gasteiger partial charge < -0.3 is 20.5 Å². The number of hydrogen-bond donors (Lipinski definition) is 2. The van der Waals surface area contributed by atoms with Gasteiger partial charge in [0.2, 0.25) is 0 Å². The summed E-state index contributed by atoms with van der Waals surface area (Å²) in [6.45, 7) is 3.43. The molecule has 0 saturated carbocycles. The molecular weight excluding hydrogens is 398 g/mol. The fourth-order valence-corrected chi connectivity index (χ4v) is 4.61. The summed E-state index contributed by atoms with van der Waals surface area (Å²) in [7, 11) is 0. The number of hydrogen-bond acceptors (Lipinski definition) is 5. The molecule has 1 saturated heterocycles. The molecule has 1 fully saturated rings. The van der Waals surface area contributed by atoms with Crippen LogP contribution in [-0.2, 0) is 9.53 Å². The van der Waals surface area contributed by atoms with E-state index < -0.39 is 0 Å². The van der Waals surface area contributed by atoms with Gasteiger partial charge in [0.1, 0.15) is 6.10 Å². The zero-order chi connectivity index (χ0) is 23.1. The molecule has 0 spiro atoms. The molecule has 0 unspecified atom stereocenters. The van der Waals surface area contributed by atoms with Crippen molar-refractivity contribution in [1.29, 1.82) is 10.8 Å². The van der Waals surface area contributed by atoms with Crippen LogP contribution in [0.25, 0.3) is 0 Å². The third kappa shape index (κ3) is 17.3. The number of carbonyl (C=O) groups is 1. The quantitative estimate of drug-likeness (QED) is 0.0974. The highest BCUT2D eigenvalue weighted by molar-refractivity contribution is 5.69. The van der Waals surface area contributed by atoms with Crippen LogP contribution in [0.5, 0.6) is 0 Å². The van der Waals surface area contributed by atoms with Crippen molar-refractivity contribution in [2.75, 3.05) is 19.6 Å². The smallest absolute Gasteiger partial charge is 0.306 e. The van der Waals surface area contributed by atoms with Crippen LogP contribution in [0, 0.1) is 10.8 Å². The van der Waals surface area contributed by atoms with E-state index in [9.17, 15) is 4.79 Å². The van der Waals surface area contributed by atoms with Gasteiger partial charge in [-0.3, -0.25) is 4.79 Å². The number of ether oxygens (including phenoxy) is 1.